The first-order valence-electron chi connectivity index (χ1n) is 9.97. The van der Waals surface area contributed by atoms with Crippen LogP contribution in [0, 0.1) is 6.92 Å². The lowest BCUT2D eigenvalue weighted by Crippen LogP contribution is -2.43. The van der Waals surface area contributed by atoms with Crippen molar-refractivity contribution in [1.82, 2.24) is 14.9 Å². The van der Waals surface area contributed by atoms with Gasteiger partial charge in [-0.2, -0.15) is 13.2 Å². The Labute approximate surface area is 181 Å². The highest BCUT2D eigenvalue weighted by Crippen LogP contribution is 2.42. The number of thiazole rings is 1. The Kier molecular flexibility index (Phi) is 5.47. The summed E-state index contributed by atoms with van der Waals surface area (Å²) >= 11 is 1.34. The zero-order chi connectivity index (χ0) is 22.6. The van der Waals surface area contributed by atoms with Crippen LogP contribution in [0.5, 0.6) is 0 Å². The number of alkyl halides is 3. The molecule has 3 atom stereocenters. The maximum atomic E-state index is 13.4. The number of epoxide rings is 1. The number of pyridine rings is 1. The number of carbonyl (C=O) groups is 1. The first kappa shape index (κ1) is 22.0. The van der Waals surface area contributed by atoms with Gasteiger partial charge in [0.2, 0.25) is 5.91 Å². The predicted molar refractivity (Wildman–Crippen MR) is 110 cm³/mol. The monoisotopic (exact) mass is 455 g/mol. The maximum absolute atomic E-state index is 13.4. The molecule has 2 aliphatic rings. The van der Waals surface area contributed by atoms with Crippen LogP contribution in [0.15, 0.2) is 18.3 Å². The van der Waals surface area contributed by atoms with Crippen molar-refractivity contribution in [3.8, 4) is 10.4 Å². The summed E-state index contributed by atoms with van der Waals surface area (Å²) in [5.41, 5.74) is 4.69. The average molecular weight is 456 g/mol. The van der Waals surface area contributed by atoms with Crippen LogP contribution in [0.25, 0.3) is 10.4 Å². The van der Waals surface area contributed by atoms with Gasteiger partial charge in [0, 0.05) is 12.7 Å². The van der Waals surface area contributed by atoms with Gasteiger partial charge in [-0.15, -0.1) is 0 Å². The molecule has 7 nitrogen and oxygen atoms in total. The minimum absolute atomic E-state index is 0.0445. The number of halogens is 3. The van der Waals surface area contributed by atoms with Gasteiger partial charge in [-0.05, 0) is 51.3 Å². The number of amides is 1. The minimum Gasteiger partial charge on any atom is -0.368 e. The Morgan fingerprint density at radius 2 is 2.13 bits per heavy atom. The number of aromatic nitrogens is 2. The van der Waals surface area contributed by atoms with Crippen molar-refractivity contribution < 1.29 is 22.7 Å². The molecule has 11 heteroatoms. The Bertz CT molecular complexity index is 993. The standard InChI is InChI=1S/C20H24F3N5O2S/c1-10-14(11-6-7-25-13(9-11)19(2,3)20(21,22)23)31-18(26-10)27-16-17(30-16)28-8-4-5-12(28)15(24)29/h6-7,9,12,16-17H,4-5,8H2,1-3H3,(H2,24,29)(H,26,27)/t12-,16?,17?/m0/s1. The van der Waals surface area contributed by atoms with E-state index in [2.05, 4.69) is 15.3 Å². The van der Waals surface area contributed by atoms with Crippen LogP contribution in [0.2, 0.25) is 0 Å². The number of primary amides is 1. The minimum atomic E-state index is -4.41. The molecule has 2 aliphatic heterocycles. The van der Waals surface area contributed by atoms with Crippen LogP contribution < -0.4 is 11.1 Å². The smallest absolute Gasteiger partial charge is 0.368 e. The van der Waals surface area contributed by atoms with Gasteiger partial charge in [0.1, 0.15) is 5.41 Å². The van der Waals surface area contributed by atoms with E-state index in [4.69, 9.17) is 10.5 Å². The number of nitrogens with two attached hydrogens (primary N) is 1. The largest absolute Gasteiger partial charge is 0.399 e. The third-order valence-electron chi connectivity index (χ3n) is 5.85. The SMILES string of the molecule is Cc1nc(NC2OC2N2CCC[C@H]2C(N)=O)sc1-c1ccnc(C(C)(C)C(F)(F)F)c1. The van der Waals surface area contributed by atoms with E-state index >= 15 is 0 Å². The van der Waals surface area contributed by atoms with E-state index < -0.39 is 11.6 Å². The van der Waals surface area contributed by atoms with Gasteiger partial charge < -0.3 is 15.8 Å². The zero-order valence-electron chi connectivity index (χ0n) is 17.4. The number of carbonyl (C=O) groups excluding carboxylic acids is 1. The lowest BCUT2D eigenvalue weighted by molar-refractivity contribution is -0.181. The van der Waals surface area contributed by atoms with Gasteiger partial charge in [-0.3, -0.25) is 14.7 Å². The van der Waals surface area contributed by atoms with Crippen LogP contribution in [-0.2, 0) is 14.9 Å². The second-order valence-corrected chi connectivity index (χ2v) is 9.37. The van der Waals surface area contributed by atoms with E-state index in [1.54, 1.807) is 13.0 Å². The summed E-state index contributed by atoms with van der Waals surface area (Å²) in [6.07, 6.45) is -1.96. The van der Waals surface area contributed by atoms with Crippen molar-refractivity contribution in [2.24, 2.45) is 5.73 Å². The summed E-state index contributed by atoms with van der Waals surface area (Å²) in [6.45, 7) is 4.79. The molecule has 0 radical (unpaired) electrons. The fourth-order valence-corrected chi connectivity index (χ4v) is 4.76. The molecule has 2 fully saturated rings. The second-order valence-electron chi connectivity index (χ2n) is 8.38. The normalized spacial score (nSPS) is 24.4. The van der Waals surface area contributed by atoms with E-state index in [0.717, 1.165) is 38.1 Å². The number of nitrogens with zero attached hydrogens (tertiary/aromatic N) is 3. The lowest BCUT2D eigenvalue weighted by Gasteiger charge is -2.27. The quantitative estimate of drug-likeness (QED) is 0.648. The number of aryl methyl sites for hydroxylation is 1. The predicted octanol–water partition coefficient (Wildman–Crippen LogP) is 3.40. The van der Waals surface area contributed by atoms with Gasteiger partial charge in [0.15, 0.2) is 17.6 Å². The Hall–Kier alpha value is -2.24. The van der Waals surface area contributed by atoms with Gasteiger partial charge in [-0.1, -0.05) is 11.3 Å². The molecule has 3 N–H and O–H groups in total. The summed E-state index contributed by atoms with van der Waals surface area (Å²) in [4.78, 5) is 22.8. The topological polar surface area (TPSA) is 96.7 Å². The van der Waals surface area contributed by atoms with Gasteiger partial charge in [0.25, 0.3) is 0 Å². The second kappa shape index (κ2) is 7.72. The van der Waals surface area contributed by atoms with Crippen LogP contribution >= 0.6 is 11.3 Å². The molecule has 0 aromatic carbocycles. The molecule has 2 aromatic rings. The molecule has 0 bridgehead atoms. The van der Waals surface area contributed by atoms with Crippen molar-refractivity contribution in [2.75, 3.05) is 11.9 Å². The van der Waals surface area contributed by atoms with E-state index in [9.17, 15) is 18.0 Å². The molecule has 0 saturated carbocycles. The van der Waals surface area contributed by atoms with Crippen molar-refractivity contribution in [3.05, 3.63) is 29.7 Å². The third-order valence-corrected chi connectivity index (χ3v) is 6.99. The highest BCUT2D eigenvalue weighted by Gasteiger charge is 2.50. The fourth-order valence-electron chi connectivity index (χ4n) is 3.77. The number of rotatable bonds is 6. The molecule has 0 spiro atoms. The molecule has 4 rings (SSSR count). The zero-order valence-corrected chi connectivity index (χ0v) is 18.2. The summed E-state index contributed by atoms with van der Waals surface area (Å²) in [6, 6.07) is 2.83. The van der Waals surface area contributed by atoms with Crippen molar-refractivity contribution in [2.45, 2.75) is 63.7 Å². The van der Waals surface area contributed by atoms with Crippen molar-refractivity contribution in [3.63, 3.8) is 0 Å². The fraction of sp³-hybridized carbons (Fsp3) is 0.550. The van der Waals surface area contributed by atoms with Crippen LogP contribution in [0.1, 0.15) is 38.1 Å². The van der Waals surface area contributed by atoms with Crippen LogP contribution in [0.3, 0.4) is 0 Å². The number of likely N-dealkylation sites (tertiary alicyclic amines) is 1. The van der Waals surface area contributed by atoms with Crippen molar-refractivity contribution in [1.29, 1.82) is 0 Å². The Morgan fingerprint density at radius 1 is 1.39 bits per heavy atom. The summed E-state index contributed by atoms with van der Waals surface area (Å²) in [5, 5.41) is 3.80. The highest BCUT2D eigenvalue weighted by molar-refractivity contribution is 7.19. The van der Waals surface area contributed by atoms with E-state index in [1.807, 2.05) is 4.90 Å². The number of nitrogens with one attached hydrogen (secondary N) is 1. The molecule has 4 heterocycles. The summed E-state index contributed by atoms with van der Waals surface area (Å²) in [5.74, 6) is -0.352. The van der Waals surface area contributed by atoms with Crippen LogP contribution in [-0.4, -0.2) is 52.0 Å². The average Bonchev–Trinajstić information content (AvgIpc) is 3.10. The summed E-state index contributed by atoms with van der Waals surface area (Å²) in [7, 11) is 0. The molecule has 2 unspecified atom stereocenters. The molecule has 0 aliphatic carbocycles. The number of hydrogen-bond acceptors (Lipinski definition) is 7. The first-order chi connectivity index (χ1) is 14.5. The van der Waals surface area contributed by atoms with Gasteiger partial charge in [-0.25, -0.2) is 4.98 Å². The van der Waals surface area contributed by atoms with E-state index in [0.29, 0.717) is 16.4 Å². The molecule has 168 valence electrons. The maximum Gasteiger partial charge on any atom is 0.399 e. The number of ether oxygens (including phenoxy) is 1. The molecular weight excluding hydrogens is 431 g/mol. The van der Waals surface area contributed by atoms with E-state index in [-0.39, 0.29) is 30.1 Å². The molecule has 31 heavy (non-hydrogen) atoms. The highest BCUT2D eigenvalue weighted by atomic mass is 32.1. The van der Waals surface area contributed by atoms with Crippen LogP contribution in [0.4, 0.5) is 18.3 Å². The Morgan fingerprint density at radius 3 is 2.81 bits per heavy atom. The Balaban J connectivity index is 1.49. The molecule has 2 saturated heterocycles. The lowest BCUT2D eigenvalue weighted by atomic mass is 9.87. The van der Waals surface area contributed by atoms with Gasteiger partial charge in [0.05, 0.1) is 22.3 Å². The number of anilines is 1. The summed E-state index contributed by atoms with van der Waals surface area (Å²) < 4.78 is 45.9. The molecule has 2 aromatic heterocycles. The first-order valence-corrected chi connectivity index (χ1v) is 10.8. The van der Waals surface area contributed by atoms with Crippen molar-refractivity contribution >= 4 is 22.4 Å². The molecular formula is C20H24F3N5O2S. The van der Waals surface area contributed by atoms with Gasteiger partial charge >= 0.3 is 6.18 Å². The number of hydrogen-bond donors (Lipinski definition) is 2. The van der Waals surface area contributed by atoms with E-state index in [1.165, 1.54) is 23.6 Å². The third kappa shape index (κ3) is 4.13. The molecule has 1 amide bonds.